The second-order valence-electron chi connectivity index (χ2n) is 7.49. The average Bonchev–Trinajstić information content (AvgIpc) is 2.46. The molecule has 24 heavy (non-hydrogen) atoms. The zero-order valence-corrected chi connectivity index (χ0v) is 15.8. The number of nitrogens with one attached hydrogen (secondary N) is 2. The van der Waals surface area contributed by atoms with Crippen LogP contribution in [0.2, 0.25) is 0 Å². The predicted octanol–water partition coefficient (Wildman–Crippen LogP) is 2.09. The molecule has 1 aromatic rings. The van der Waals surface area contributed by atoms with E-state index in [1.165, 1.54) is 11.1 Å². The predicted molar refractivity (Wildman–Crippen MR) is 96.7 cm³/mol. The molecule has 0 fully saturated rings. The maximum absolute atomic E-state index is 11.9. The standard InChI is InChI=1S/C19H31N3O2/c1-7-20-18(24)22-16(23)12-21-17(13(2)3)14-8-10-15(11-9-14)19(4,5)6/h8-11,13,17,21H,7,12H2,1-6H3,(H2,20,22,23,24)/p+1/t17-/m1/s1. The number of hydrogen-bond donors (Lipinski definition) is 3. The van der Waals surface area contributed by atoms with Gasteiger partial charge in [0, 0.05) is 18.0 Å². The number of amides is 3. The zero-order chi connectivity index (χ0) is 18.3. The molecule has 1 rings (SSSR count). The maximum Gasteiger partial charge on any atom is 0.321 e. The summed E-state index contributed by atoms with van der Waals surface area (Å²) in [6, 6.07) is 8.35. The number of urea groups is 1. The summed E-state index contributed by atoms with van der Waals surface area (Å²) in [5, 5.41) is 6.88. The fourth-order valence-electron chi connectivity index (χ4n) is 2.61. The second-order valence-corrected chi connectivity index (χ2v) is 7.49. The van der Waals surface area contributed by atoms with Gasteiger partial charge in [-0.2, -0.15) is 0 Å². The van der Waals surface area contributed by atoms with Gasteiger partial charge in [0.2, 0.25) is 0 Å². The third kappa shape index (κ3) is 6.32. The van der Waals surface area contributed by atoms with Crippen LogP contribution in [0.5, 0.6) is 0 Å². The third-order valence-electron chi connectivity index (χ3n) is 4.03. The van der Waals surface area contributed by atoms with Gasteiger partial charge >= 0.3 is 6.03 Å². The van der Waals surface area contributed by atoms with Crippen LogP contribution in [0.3, 0.4) is 0 Å². The molecule has 0 unspecified atom stereocenters. The number of quaternary nitrogens is 1. The molecule has 1 aromatic carbocycles. The molecule has 0 saturated carbocycles. The van der Waals surface area contributed by atoms with Gasteiger partial charge in [0.15, 0.2) is 6.54 Å². The normalized spacial score (nSPS) is 12.8. The van der Waals surface area contributed by atoms with E-state index in [0.29, 0.717) is 12.5 Å². The van der Waals surface area contributed by atoms with Crippen LogP contribution in [0.4, 0.5) is 4.79 Å². The van der Waals surface area contributed by atoms with E-state index in [0.717, 1.165) is 0 Å². The molecule has 5 heteroatoms. The Morgan fingerprint density at radius 1 is 1.12 bits per heavy atom. The van der Waals surface area contributed by atoms with Gasteiger partial charge in [0.05, 0.1) is 0 Å². The van der Waals surface area contributed by atoms with Gasteiger partial charge in [-0.25, -0.2) is 4.79 Å². The number of carbonyl (C=O) groups is 2. The Balaban J connectivity index is 2.71. The average molecular weight is 334 g/mol. The summed E-state index contributed by atoms with van der Waals surface area (Å²) in [7, 11) is 0. The van der Waals surface area contributed by atoms with Crippen molar-refractivity contribution in [2.45, 2.75) is 53.0 Å². The van der Waals surface area contributed by atoms with Crippen molar-refractivity contribution >= 4 is 11.9 Å². The molecule has 0 spiro atoms. The van der Waals surface area contributed by atoms with Crippen LogP contribution in [-0.4, -0.2) is 25.0 Å². The van der Waals surface area contributed by atoms with Crippen LogP contribution >= 0.6 is 0 Å². The lowest BCUT2D eigenvalue weighted by Gasteiger charge is -2.22. The first kappa shape index (κ1) is 20.2. The first-order chi connectivity index (χ1) is 11.1. The molecule has 0 aliphatic rings. The van der Waals surface area contributed by atoms with Crippen molar-refractivity contribution in [1.29, 1.82) is 0 Å². The van der Waals surface area contributed by atoms with E-state index in [2.05, 4.69) is 69.5 Å². The zero-order valence-electron chi connectivity index (χ0n) is 15.8. The minimum absolute atomic E-state index is 0.127. The van der Waals surface area contributed by atoms with E-state index >= 15 is 0 Å². The molecule has 134 valence electrons. The van der Waals surface area contributed by atoms with Crippen molar-refractivity contribution in [2.24, 2.45) is 5.92 Å². The molecule has 0 aliphatic carbocycles. The Bertz CT molecular complexity index is 545. The lowest BCUT2D eigenvalue weighted by atomic mass is 9.85. The summed E-state index contributed by atoms with van der Waals surface area (Å²) in [5.41, 5.74) is 2.62. The minimum atomic E-state index is -0.438. The fourth-order valence-corrected chi connectivity index (χ4v) is 2.61. The molecule has 0 aromatic heterocycles. The van der Waals surface area contributed by atoms with Crippen molar-refractivity contribution in [1.82, 2.24) is 10.6 Å². The molecule has 5 nitrogen and oxygen atoms in total. The lowest BCUT2D eigenvalue weighted by molar-refractivity contribution is -0.692. The second kappa shape index (κ2) is 8.83. The highest BCUT2D eigenvalue weighted by molar-refractivity contribution is 5.94. The number of carbonyl (C=O) groups excluding carboxylic acids is 2. The smallest absolute Gasteiger partial charge is 0.321 e. The number of hydrogen-bond acceptors (Lipinski definition) is 2. The van der Waals surface area contributed by atoms with Crippen LogP contribution in [0.1, 0.15) is 58.7 Å². The molecule has 0 radical (unpaired) electrons. The molecule has 0 bridgehead atoms. The summed E-state index contributed by atoms with van der Waals surface area (Å²) < 4.78 is 0. The van der Waals surface area contributed by atoms with Crippen molar-refractivity contribution in [3.63, 3.8) is 0 Å². The Morgan fingerprint density at radius 3 is 2.17 bits per heavy atom. The van der Waals surface area contributed by atoms with Gasteiger partial charge in [-0.15, -0.1) is 0 Å². The number of imide groups is 1. The summed E-state index contributed by atoms with van der Waals surface area (Å²) in [4.78, 5) is 23.2. The summed E-state index contributed by atoms with van der Waals surface area (Å²) >= 11 is 0. The highest BCUT2D eigenvalue weighted by Crippen LogP contribution is 2.25. The third-order valence-corrected chi connectivity index (χ3v) is 4.03. The first-order valence-corrected chi connectivity index (χ1v) is 8.66. The maximum atomic E-state index is 11.9. The van der Waals surface area contributed by atoms with Crippen molar-refractivity contribution in [2.75, 3.05) is 13.1 Å². The monoisotopic (exact) mass is 334 g/mol. The van der Waals surface area contributed by atoms with E-state index in [1.54, 1.807) is 0 Å². The van der Waals surface area contributed by atoms with Gasteiger partial charge in [0.25, 0.3) is 5.91 Å². The fraction of sp³-hybridized carbons (Fsp3) is 0.579. The Labute approximate surface area is 145 Å². The van der Waals surface area contributed by atoms with E-state index in [-0.39, 0.29) is 23.9 Å². The molecule has 1 atom stereocenters. The van der Waals surface area contributed by atoms with Crippen LogP contribution in [0.15, 0.2) is 24.3 Å². The SMILES string of the molecule is CCNC(=O)NC(=O)C[NH2+][C@@H](c1ccc(C(C)(C)C)cc1)C(C)C. The summed E-state index contributed by atoms with van der Waals surface area (Å²) in [6.45, 7) is 13.4. The van der Waals surface area contributed by atoms with Crippen molar-refractivity contribution in [3.8, 4) is 0 Å². The van der Waals surface area contributed by atoms with Crippen molar-refractivity contribution < 1.29 is 14.9 Å². The Kier molecular flexibility index (Phi) is 7.42. The van der Waals surface area contributed by atoms with Crippen LogP contribution < -0.4 is 16.0 Å². The van der Waals surface area contributed by atoms with E-state index in [4.69, 9.17) is 0 Å². The van der Waals surface area contributed by atoms with Gasteiger partial charge in [-0.3, -0.25) is 10.1 Å². The highest BCUT2D eigenvalue weighted by atomic mass is 16.2. The summed E-state index contributed by atoms with van der Waals surface area (Å²) in [5.74, 6) is 0.0978. The molecular formula is C19H32N3O2+. The van der Waals surface area contributed by atoms with Crippen LogP contribution in [0.25, 0.3) is 0 Å². The van der Waals surface area contributed by atoms with Gasteiger partial charge in [0.1, 0.15) is 6.04 Å². The van der Waals surface area contributed by atoms with E-state index in [1.807, 2.05) is 12.2 Å². The molecule has 0 saturated heterocycles. The van der Waals surface area contributed by atoms with E-state index in [9.17, 15) is 9.59 Å². The van der Waals surface area contributed by atoms with Gasteiger partial charge in [-0.05, 0) is 17.9 Å². The van der Waals surface area contributed by atoms with Crippen molar-refractivity contribution in [3.05, 3.63) is 35.4 Å². The Hall–Kier alpha value is -1.88. The molecule has 0 aliphatic heterocycles. The number of benzene rings is 1. The molecule has 4 N–H and O–H groups in total. The van der Waals surface area contributed by atoms with Gasteiger partial charge < -0.3 is 10.6 Å². The van der Waals surface area contributed by atoms with E-state index < -0.39 is 6.03 Å². The van der Waals surface area contributed by atoms with Crippen LogP contribution in [-0.2, 0) is 10.2 Å². The quantitative estimate of drug-likeness (QED) is 0.745. The molecular weight excluding hydrogens is 302 g/mol. The minimum Gasteiger partial charge on any atom is -0.338 e. The highest BCUT2D eigenvalue weighted by Gasteiger charge is 2.22. The Morgan fingerprint density at radius 2 is 1.71 bits per heavy atom. The number of nitrogens with two attached hydrogens (primary N) is 1. The molecule has 0 heterocycles. The van der Waals surface area contributed by atoms with Crippen LogP contribution in [0, 0.1) is 5.92 Å². The largest absolute Gasteiger partial charge is 0.338 e. The summed E-state index contributed by atoms with van der Waals surface area (Å²) in [6.07, 6.45) is 0. The topological polar surface area (TPSA) is 74.8 Å². The first-order valence-electron chi connectivity index (χ1n) is 8.66. The molecule has 3 amide bonds. The lowest BCUT2D eigenvalue weighted by Crippen LogP contribution is -2.88. The number of rotatable bonds is 6. The van der Waals surface area contributed by atoms with Gasteiger partial charge in [-0.1, -0.05) is 58.9 Å².